The molecule has 1 aromatic carbocycles. The molecule has 6 heteroatoms. The zero-order valence-electron chi connectivity index (χ0n) is 10.7. The number of carboxylic acids is 1. The average molecular weight is 296 g/mol. The van der Waals surface area contributed by atoms with Crippen LogP contribution < -0.4 is 0 Å². The minimum Gasteiger partial charge on any atom is -0.481 e. The normalized spacial score (nSPS) is 21.3. The second-order valence-corrected chi connectivity index (χ2v) is 5.06. The molecule has 21 heavy (non-hydrogen) atoms. The van der Waals surface area contributed by atoms with Crippen LogP contribution in [0.15, 0.2) is 40.8 Å². The molecule has 1 heterocycles. The Hall–Kier alpha value is -2.24. The molecule has 0 spiro atoms. The summed E-state index contributed by atoms with van der Waals surface area (Å²) in [7, 11) is 0. The Morgan fingerprint density at radius 1 is 1.14 bits per heavy atom. The highest BCUT2D eigenvalue weighted by atomic mass is 19.4. The number of halogens is 3. The second kappa shape index (κ2) is 4.65. The van der Waals surface area contributed by atoms with Gasteiger partial charge in [-0.1, -0.05) is 12.1 Å². The lowest BCUT2D eigenvalue weighted by Crippen LogP contribution is -2.03. The number of hydrogen-bond donors (Lipinski definition) is 1. The molecule has 3 nitrogen and oxygen atoms in total. The molecule has 1 aliphatic carbocycles. The number of aliphatic carboxylic acids is 1. The first kappa shape index (κ1) is 13.7. The Bertz CT molecular complexity index is 670. The first-order valence-corrected chi connectivity index (χ1v) is 6.36. The van der Waals surface area contributed by atoms with Gasteiger partial charge in [-0.15, -0.1) is 0 Å². The zero-order valence-corrected chi connectivity index (χ0v) is 10.7. The van der Waals surface area contributed by atoms with E-state index in [2.05, 4.69) is 0 Å². The number of carboxylic acid groups (broad SMARTS) is 1. The second-order valence-electron chi connectivity index (χ2n) is 5.06. The van der Waals surface area contributed by atoms with Crippen molar-refractivity contribution in [1.82, 2.24) is 0 Å². The Balaban J connectivity index is 1.79. The Morgan fingerprint density at radius 2 is 1.81 bits per heavy atom. The summed E-state index contributed by atoms with van der Waals surface area (Å²) in [5, 5.41) is 8.87. The number of hydrogen-bond acceptors (Lipinski definition) is 2. The lowest BCUT2D eigenvalue weighted by atomic mass is 10.1. The fourth-order valence-electron chi connectivity index (χ4n) is 2.31. The molecule has 1 aromatic heterocycles. The summed E-state index contributed by atoms with van der Waals surface area (Å²) in [6.07, 6.45) is -3.83. The summed E-state index contributed by atoms with van der Waals surface area (Å²) in [6, 6.07) is 8.00. The first-order valence-electron chi connectivity index (χ1n) is 6.36. The number of furan rings is 1. The SMILES string of the molecule is O=C(O)[C@@H]1C[C@@H]1c1ccc(-c2ccc(C(F)(F)F)cc2)o1. The van der Waals surface area contributed by atoms with Crippen molar-refractivity contribution in [3.63, 3.8) is 0 Å². The van der Waals surface area contributed by atoms with Crippen molar-refractivity contribution in [3.05, 3.63) is 47.7 Å². The van der Waals surface area contributed by atoms with Gasteiger partial charge in [0.25, 0.3) is 0 Å². The van der Waals surface area contributed by atoms with Gasteiger partial charge in [-0.3, -0.25) is 4.79 Å². The van der Waals surface area contributed by atoms with Gasteiger partial charge in [0, 0.05) is 11.5 Å². The van der Waals surface area contributed by atoms with E-state index < -0.39 is 23.6 Å². The number of alkyl halides is 3. The van der Waals surface area contributed by atoms with E-state index in [1.54, 1.807) is 12.1 Å². The van der Waals surface area contributed by atoms with E-state index in [-0.39, 0.29) is 5.92 Å². The molecule has 110 valence electrons. The predicted molar refractivity (Wildman–Crippen MR) is 67.6 cm³/mol. The first-order chi connectivity index (χ1) is 9.86. The van der Waals surface area contributed by atoms with Crippen LogP contribution in [0.2, 0.25) is 0 Å². The Kier molecular flexibility index (Phi) is 3.04. The minimum atomic E-state index is -4.37. The van der Waals surface area contributed by atoms with Gasteiger partial charge in [0.05, 0.1) is 11.5 Å². The average Bonchev–Trinajstić information content (AvgIpc) is 3.08. The Morgan fingerprint density at radius 3 is 2.33 bits per heavy atom. The largest absolute Gasteiger partial charge is 0.481 e. The number of benzene rings is 1. The summed E-state index contributed by atoms with van der Waals surface area (Å²) in [5.74, 6) is -0.401. The highest BCUT2D eigenvalue weighted by molar-refractivity contribution is 5.75. The molecule has 0 radical (unpaired) electrons. The van der Waals surface area contributed by atoms with Crippen molar-refractivity contribution < 1.29 is 27.5 Å². The number of carbonyl (C=O) groups is 1. The van der Waals surface area contributed by atoms with Crippen LogP contribution in [-0.2, 0) is 11.0 Å². The standard InChI is InChI=1S/C15H11F3O3/c16-15(17,18)9-3-1-8(2-4-9)12-5-6-13(21-12)10-7-11(10)14(19)20/h1-6,10-11H,7H2,(H,19,20)/t10-,11+/m0/s1. The van der Waals surface area contributed by atoms with Gasteiger partial charge in [-0.25, -0.2) is 0 Å². The smallest absolute Gasteiger partial charge is 0.416 e. The molecule has 1 N–H and O–H groups in total. The van der Waals surface area contributed by atoms with Gasteiger partial charge >= 0.3 is 12.1 Å². The molecule has 0 amide bonds. The van der Waals surface area contributed by atoms with Crippen LogP contribution >= 0.6 is 0 Å². The van der Waals surface area contributed by atoms with E-state index >= 15 is 0 Å². The van der Waals surface area contributed by atoms with Gasteiger partial charge in [0.2, 0.25) is 0 Å². The summed E-state index contributed by atoms with van der Waals surface area (Å²) < 4.78 is 43.0. The van der Waals surface area contributed by atoms with E-state index in [9.17, 15) is 18.0 Å². The lowest BCUT2D eigenvalue weighted by Gasteiger charge is -2.06. The summed E-state index contributed by atoms with van der Waals surface area (Å²) in [4.78, 5) is 10.8. The van der Waals surface area contributed by atoms with E-state index in [1.807, 2.05) is 0 Å². The molecule has 3 rings (SSSR count). The molecular weight excluding hydrogens is 285 g/mol. The van der Waals surface area contributed by atoms with E-state index in [0.29, 0.717) is 23.5 Å². The summed E-state index contributed by atoms with van der Waals surface area (Å²) in [5.41, 5.74) is -0.187. The van der Waals surface area contributed by atoms with Gasteiger partial charge in [-0.2, -0.15) is 13.2 Å². The third-order valence-corrected chi connectivity index (χ3v) is 3.60. The highest BCUT2D eigenvalue weighted by Gasteiger charge is 2.46. The molecule has 1 fully saturated rings. The highest BCUT2D eigenvalue weighted by Crippen LogP contribution is 2.48. The van der Waals surface area contributed by atoms with Gasteiger partial charge in [0.15, 0.2) is 0 Å². The Labute approximate surface area is 118 Å². The van der Waals surface area contributed by atoms with E-state index in [1.165, 1.54) is 12.1 Å². The maximum Gasteiger partial charge on any atom is 0.416 e. The molecule has 2 aromatic rings. The molecule has 0 bridgehead atoms. The molecule has 1 aliphatic rings. The molecule has 1 saturated carbocycles. The van der Waals surface area contributed by atoms with Crippen molar-refractivity contribution in [2.75, 3.05) is 0 Å². The van der Waals surface area contributed by atoms with Gasteiger partial charge < -0.3 is 9.52 Å². The third kappa shape index (κ3) is 2.66. The fourth-order valence-corrected chi connectivity index (χ4v) is 2.31. The minimum absolute atomic E-state index is 0.134. The summed E-state index contributed by atoms with van der Waals surface area (Å²) in [6.45, 7) is 0. The van der Waals surface area contributed by atoms with Crippen LogP contribution in [0.1, 0.15) is 23.7 Å². The molecule has 0 saturated heterocycles. The van der Waals surface area contributed by atoms with Crippen LogP contribution in [0.3, 0.4) is 0 Å². The van der Waals surface area contributed by atoms with Crippen LogP contribution in [0.5, 0.6) is 0 Å². The quantitative estimate of drug-likeness (QED) is 0.925. The third-order valence-electron chi connectivity index (χ3n) is 3.60. The van der Waals surface area contributed by atoms with E-state index in [0.717, 1.165) is 12.1 Å². The van der Waals surface area contributed by atoms with Crippen LogP contribution in [-0.4, -0.2) is 11.1 Å². The lowest BCUT2D eigenvalue weighted by molar-refractivity contribution is -0.139. The molecule has 2 atom stereocenters. The van der Waals surface area contributed by atoms with Crippen molar-refractivity contribution >= 4 is 5.97 Å². The van der Waals surface area contributed by atoms with Crippen molar-refractivity contribution in [2.45, 2.75) is 18.5 Å². The maximum absolute atomic E-state index is 12.5. The van der Waals surface area contributed by atoms with Crippen LogP contribution in [0, 0.1) is 5.92 Å². The zero-order chi connectivity index (χ0) is 15.2. The number of rotatable bonds is 3. The van der Waals surface area contributed by atoms with Crippen molar-refractivity contribution in [1.29, 1.82) is 0 Å². The van der Waals surface area contributed by atoms with Crippen LogP contribution in [0.4, 0.5) is 13.2 Å². The molecular formula is C15H11F3O3. The van der Waals surface area contributed by atoms with Gasteiger partial charge in [-0.05, 0) is 30.7 Å². The fraction of sp³-hybridized carbons (Fsp3) is 0.267. The monoisotopic (exact) mass is 296 g/mol. The van der Waals surface area contributed by atoms with Crippen molar-refractivity contribution in [2.24, 2.45) is 5.92 Å². The molecule has 0 aliphatic heterocycles. The maximum atomic E-state index is 12.5. The van der Waals surface area contributed by atoms with Gasteiger partial charge in [0.1, 0.15) is 11.5 Å². The van der Waals surface area contributed by atoms with Crippen molar-refractivity contribution in [3.8, 4) is 11.3 Å². The predicted octanol–water partition coefficient (Wildman–Crippen LogP) is 4.15. The molecule has 0 unspecified atom stereocenters. The topological polar surface area (TPSA) is 50.4 Å². The van der Waals surface area contributed by atoms with Crippen LogP contribution in [0.25, 0.3) is 11.3 Å². The van der Waals surface area contributed by atoms with E-state index in [4.69, 9.17) is 9.52 Å². The summed E-state index contributed by atoms with van der Waals surface area (Å²) >= 11 is 0.